The molecule has 84 valence electrons. The first-order chi connectivity index (χ1) is 7.08. The topological polar surface area (TPSA) is 69.4 Å². The summed E-state index contributed by atoms with van der Waals surface area (Å²) in [5.41, 5.74) is -0.896. The van der Waals surface area contributed by atoms with Crippen molar-refractivity contribution < 1.29 is 14.5 Å². The molecule has 1 aliphatic rings. The number of hydrogen-bond donors (Lipinski definition) is 0. The fourth-order valence-corrected chi connectivity index (χ4v) is 1.98. The van der Waals surface area contributed by atoms with E-state index in [2.05, 4.69) is 6.58 Å². The molecule has 0 atom stereocenters. The fraction of sp³-hybridized carbons (Fsp3) is 0.700. The van der Waals surface area contributed by atoms with Crippen molar-refractivity contribution in [1.29, 1.82) is 0 Å². The van der Waals surface area contributed by atoms with Crippen LogP contribution in [0.3, 0.4) is 0 Å². The van der Waals surface area contributed by atoms with E-state index in [0.717, 1.165) is 25.3 Å². The normalized spacial score (nSPS) is 19.2. The van der Waals surface area contributed by atoms with Crippen LogP contribution in [0.1, 0.15) is 32.1 Å². The zero-order valence-corrected chi connectivity index (χ0v) is 8.61. The minimum atomic E-state index is -0.896. The van der Waals surface area contributed by atoms with E-state index < -0.39 is 16.5 Å². The lowest BCUT2D eigenvalue weighted by Crippen LogP contribution is -2.43. The molecule has 0 bridgehead atoms. The molecular weight excluding hydrogens is 198 g/mol. The maximum Gasteiger partial charge on any atom is 0.330 e. The molecule has 1 saturated carbocycles. The zero-order chi connectivity index (χ0) is 11.3. The quantitative estimate of drug-likeness (QED) is 0.308. The van der Waals surface area contributed by atoms with Gasteiger partial charge in [-0.1, -0.05) is 13.0 Å². The maximum atomic E-state index is 11.1. The number of ether oxygens (including phenoxy) is 1. The molecule has 0 aromatic carbocycles. The molecule has 0 unspecified atom stereocenters. The average Bonchev–Trinajstić information content (AvgIpc) is 2.17. The minimum Gasteiger partial charge on any atom is -0.449 e. The predicted octanol–water partition coefficient (Wildman–Crippen LogP) is 1.70. The van der Waals surface area contributed by atoms with Crippen LogP contribution in [0.2, 0.25) is 0 Å². The summed E-state index contributed by atoms with van der Waals surface area (Å²) < 4.78 is 5.14. The van der Waals surface area contributed by atoms with Crippen molar-refractivity contribution in [1.82, 2.24) is 0 Å². The van der Waals surface area contributed by atoms with Crippen molar-refractivity contribution >= 4 is 5.97 Å². The van der Waals surface area contributed by atoms with Gasteiger partial charge < -0.3 is 4.74 Å². The van der Waals surface area contributed by atoms with Gasteiger partial charge in [-0.15, -0.1) is 0 Å². The second kappa shape index (κ2) is 4.91. The Labute approximate surface area is 88.3 Å². The van der Waals surface area contributed by atoms with Gasteiger partial charge in [0.1, 0.15) is 0 Å². The van der Waals surface area contributed by atoms with Gasteiger partial charge in [-0.3, -0.25) is 10.1 Å². The average molecular weight is 213 g/mol. The Bertz CT molecular complexity index is 269. The second-order valence-electron chi connectivity index (χ2n) is 3.86. The SMILES string of the molecule is C=CC(=O)OC1(C[N+](=O)[O-])CCCCC1. The van der Waals surface area contributed by atoms with Crippen molar-refractivity contribution in [2.24, 2.45) is 0 Å². The van der Waals surface area contributed by atoms with E-state index in [0.29, 0.717) is 12.8 Å². The third-order valence-electron chi connectivity index (χ3n) is 2.67. The molecule has 1 fully saturated rings. The highest BCUT2D eigenvalue weighted by molar-refractivity contribution is 5.81. The summed E-state index contributed by atoms with van der Waals surface area (Å²) in [5, 5.41) is 10.5. The van der Waals surface area contributed by atoms with Crippen LogP contribution in [0, 0.1) is 10.1 Å². The molecule has 0 radical (unpaired) electrons. The van der Waals surface area contributed by atoms with Gasteiger partial charge in [0.05, 0.1) is 0 Å². The smallest absolute Gasteiger partial charge is 0.330 e. The summed E-state index contributed by atoms with van der Waals surface area (Å²) in [5.74, 6) is -0.571. The number of esters is 1. The predicted molar refractivity (Wildman–Crippen MR) is 54.0 cm³/mol. The summed E-state index contributed by atoms with van der Waals surface area (Å²) >= 11 is 0. The summed E-state index contributed by atoms with van der Waals surface area (Å²) in [6.07, 6.45) is 5.00. The number of carbonyl (C=O) groups excluding carboxylic acids is 1. The van der Waals surface area contributed by atoms with Crippen LogP contribution in [0.15, 0.2) is 12.7 Å². The highest BCUT2D eigenvalue weighted by atomic mass is 16.6. The largest absolute Gasteiger partial charge is 0.449 e. The summed E-state index contributed by atoms with van der Waals surface area (Å²) in [7, 11) is 0. The summed E-state index contributed by atoms with van der Waals surface area (Å²) in [4.78, 5) is 21.2. The van der Waals surface area contributed by atoms with Gasteiger partial charge >= 0.3 is 5.97 Å². The first-order valence-electron chi connectivity index (χ1n) is 5.05. The van der Waals surface area contributed by atoms with Crippen LogP contribution in [-0.4, -0.2) is 23.0 Å². The van der Waals surface area contributed by atoms with Crippen molar-refractivity contribution in [2.45, 2.75) is 37.7 Å². The molecule has 0 N–H and O–H groups in total. The lowest BCUT2D eigenvalue weighted by Gasteiger charge is -2.32. The molecule has 0 spiro atoms. The maximum absolute atomic E-state index is 11.1. The van der Waals surface area contributed by atoms with Crippen molar-refractivity contribution in [2.75, 3.05) is 6.54 Å². The molecule has 0 heterocycles. The van der Waals surface area contributed by atoms with Crippen LogP contribution in [0.4, 0.5) is 0 Å². The highest BCUT2D eigenvalue weighted by Crippen LogP contribution is 2.32. The highest BCUT2D eigenvalue weighted by Gasteiger charge is 2.40. The van der Waals surface area contributed by atoms with Gasteiger partial charge in [-0.2, -0.15) is 0 Å². The molecule has 0 aliphatic heterocycles. The van der Waals surface area contributed by atoms with Crippen LogP contribution in [0.25, 0.3) is 0 Å². The zero-order valence-electron chi connectivity index (χ0n) is 8.61. The standard InChI is InChI=1S/C10H15NO4/c1-2-9(12)15-10(8-11(13)14)6-4-3-5-7-10/h2H,1,3-8H2. The minimum absolute atomic E-state index is 0.299. The molecule has 15 heavy (non-hydrogen) atoms. The Morgan fingerprint density at radius 2 is 2.07 bits per heavy atom. The Kier molecular flexibility index (Phi) is 3.82. The summed E-state index contributed by atoms with van der Waals surface area (Å²) in [6.45, 7) is 2.99. The number of hydrogen-bond acceptors (Lipinski definition) is 4. The van der Waals surface area contributed by atoms with Crippen LogP contribution < -0.4 is 0 Å². The molecule has 1 rings (SSSR count). The molecule has 0 aromatic heterocycles. The van der Waals surface area contributed by atoms with Gasteiger partial charge in [0.15, 0.2) is 5.60 Å². The summed E-state index contributed by atoms with van der Waals surface area (Å²) in [6, 6.07) is 0. The Hall–Kier alpha value is -1.39. The van der Waals surface area contributed by atoms with Gasteiger partial charge in [-0.25, -0.2) is 4.79 Å². The molecule has 5 heteroatoms. The molecule has 5 nitrogen and oxygen atoms in total. The van der Waals surface area contributed by atoms with E-state index in [4.69, 9.17) is 4.74 Å². The van der Waals surface area contributed by atoms with Gasteiger partial charge in [0.25, 0.3) is 0 Å². The van der Waals surface area contributed by atoms with E-state index in [1.54, 1.807) is 0 Å². The van der Waals surface area contributed by atoms with E-state index in [-0.39, 0.29) is 6.54 Å². The molecule has 0 aromatic rings. The number of rotatable bonds is 4. The van der Waals surface area contributed by atoms with Crippen molar-refractivity contribution in [3.8, 4) is 0 Å². The second-order valence-corrected chi connectivity index (χ2v) is 3.86. The van der Waals surface area contributed by atoms with E-state index in [1.165, 1.54) is 0 Å². The first kappa shape index (κ1) is 11.7. The lowest BCUT2D eigenvalue weighted by molar-refractivity contribution is -0.501. The van der Waals surface area contributed by atoms with Gasteiger partial charge in [-0.05, 0) is 25.7 Å². The Morgan fingerprint density at radius 1 is 1.47 bits per heavy atom. The number of nitro groups is 1. The first-order valence-corrected chi connectivity index (χ1v) is 5.05. The lowest BCUT2D eigenvalue weighted by atomic mass is 9.84. The van der Waals surface area contributed by atoms with Crippen LogP contribution in [0.5, 0.6) is 0 Å². The van der Waals surface area contributed by atoms with Crippen LogP contribution >= 0.6 is 0 Å². The third-order valence-corrected chi connectivity index (χ3v) is 2.67. The molecule has 0 amide bonds. The fourth-order valence-electron chi connectivity index (χ4n) is 1.98. The van der Waals surface area contributed by atoms with Crippen LogP contribution in [-0.2, 0) is 9.53 Å². The molecule has 1 aliphatic carbocycles. The monoisotopic (exact) mass is 213 g/mol. The number of carbonyl (C=O) groups is 1. The molecular formula is C10H15NO4. The Morgan fingerprint density at radius 3 is 2.53 bits per heavy atom. The third kappa shape index (κ3) is 3.34. The van der Waals surface area contributed by atoms with E-state index in [9.17, 15) is 14.9 Å². The van der Waals surface area contributed by atoms with Crippen molar-refractivity contribution in [3.63, 3.8) is 0 Å². The van der Waals surface area contributed by atoms with E-state index in [1.807, 2.05) is 0 Å². The van der Waals surface area contributed by atoms with E-state index >= 15 is 0 Å². The van der Waals surface area contributed by atoms with Crippen molar-refractivity contribution in [3.05, 3.63) is 22.8 Å². The number of nitrogens with zero attached hydrogens (tertiary/aromatic N) is 1. The van der Waals surface area contributed by atoms with Gasteiger partial charge in [0.2, 0.25) is 6.54 Å². The van der Waals surface area contributed by atoms with Gasteiger partial charge in [0, 0.05) is 11.0 Å². The molecule has 0 saturated heterocycles. The Balaban J connectivity index is 2.69.